The number of aliphatic carboxylic acids is 1. The molecular weight excluding hydrogens is 645 g/mol. The highest BCUT2D eigenvalue weighted by Gasteiger charge is 2.39. The fourth-order valence-electron chi connectivity index (χ4n) is 7.05. The van der Waals surface area contributed by atoms with Crippen molar-refractivity contribution in [2.45, 2.75) is 69.8 Å². The number of rotatable bonds is 11. The highest BCUT2D eigenvalue weighted by molar-refractivity contribution is 5.92. The molecule has 0 bridgehead atoms. The quantitative estimate of drug-likeness (QED) is 0.168. The molecule has 50 heavy (non-hydrogen) atoms. The van der Waals surface area contributed by atoms with E-state index < -0.39 is 35.7 Å². The number of hydrogen-bond donors (Lipinski definition) is 2. The highest BCUT2D eigenvalue weighted by atomic mass is 19.4. The lowest BCUT2D eigenvalue weighted by atomic mass is 9.90. The monoisotopic (exact) mass is 684 g/mol. The summed E-state index contributed by atoms with van der Waals surface area (Å²) in [6.07, 6.45) is 0.202. The molecule has 2 N–H and O–H groups in total. The number of alkyl halides is 3. The van der Waals surface area contributed by atoms with Crippen LogP contribution in [0.15, 0.2) is 97.1 Å². The number of fused-ring (bicyclic) bond motifs is 1. The van der Waals surface area contributed by atoms with Crippen LogP contribution in [0.25, 0.3) is 11.1 Å². The number of nitrogens with zero attached hydrogens (tertiary/aromatic N) is 1. The van der Waals surface area contributed by atoms with E-state index in [2.05, 4.69) is 5.32 Å². The Balaban J connectivity index is 1.25. The van der Waals surface area contributed by atoms with Gasteiger partial charge < -0.3 is 20.1 Å². The van der Waals surface area contributed by atoms with Gasteiger partial charge in [0.1, 0.15) is 24.4 Å². The maximum Gasteiger partial charge on any atom is 0.416 e. The van der Waals surface area contributed by atoms with Crippen molar-refractivity contribution in [3.05, 3.63) is 125 Å². The van der Waals surface area contributed by atoms with Crippen LogP contribution in [0.4, 0.5) is 13.2 Å². The van der Waals surface area contributed by atoms with Crippen molar-refractivity contribution in [3.8, 4) is 16.9 Å². The van der Waals surface area contributed by atoms with Gasteiger partial charge in [0.2, 0.25) is 11.8 Å². The average Bonchev–Trinajstić information content (AvgIpc) is 3.63. The minimum Gasteiger partial charge on any atom is -0.489 e. The van der Waals surface area contributed by atoms with Gasteiger partial charge in [-0.05, 0) is 71.2 Å². The zero-order valence-corrected chi connectivity index (χ0v) is 27.5. The molecule has 2 atom stereocenters. The van der Waals surface area contributed by atoms with Crippen molar-refractivity contribution in [2.75, 3.05) is 6.54 Å². The number of carbonyl (C=O) groups is 3. The second-order valence-corrected chi connectivity index (χ2v) is 13.1. The Morgan fingerprint density at radius 3 is 2.26 bits per heavy atom. The van der Waals surface area contributed by atoms with E-state index in [4.69, 9.17) is 4.74 Å². The summed E-state index contributed by atoms with van der Waals surface area (Å²) in [5, 5.41) is 12.9. The summed E-state index contributed by atoms with van der Waals surface area (Å²) < 4.78 is 46.7. The molecule has 1 aliphatic carbocycles. The molecule has 6 rings (SSSR count). The van der Waals surface area contributed by atoms with Crippen molar-refractivity contribution in [1.29, 1.82) is 0 Å². The molecular formula is C40H39F3N2O5. The maximum atomic E-state index is 14.2. The van der Waals surface area contributed by atoms with E-state index in [-0.39, 0.29) is 42.7 Å². The number of nitrogens with one attached hydrogen (secondary N) is 1. The number of carbonyl (C=O) groups excluding carboxylic acids is 2. The van der Waals surface area contributed by atoms with Crippen LogP contribution in [-0.4, -0.2) is 40.4 Å². The standard InChI is InChI=1S/C40H39F3N2O5/c41-40(42,43)34-13-7-6-12-31(34)25-50-32-19-18-30-20-21-45(36(46)23-26-8-4-5-9-26)37(33(30)24-32)38(47)44-35(39(48)49)22-27-14-16-29(17-15-27)28-10-2-1-3-11-28/h1-3,6-7,10-19,24,26,35,37H,4-5,8-9,20-23,25H2,(H,44,47)(H,48,49)/t35-,37?/m0/s1. The van der Waals surface area contributed by atoms with Crippen LogP contribution in [0, 0.1) is 5.92 Å². The van der Waals surface area contributed by atoms with Crippen LogP contribution < -0.4 is 10.1 Å². The van der Waals surface area contributed by atoms with E-state index in [1.807, 2.05) is 54.6 Å². The summed E-state index contributed by atoms with van der Waals surface area (Å²) in [6.45, 7) is -0.0890. The Bertz CT molecular complexity index is 1820. The predicted octanol–water partition coefficient (Wildman–Crippen LogP) is 7.77. The third-order valence-corrected chi connectivity index (χ3v) is 9.68. The first kappa shape index (κ1) is 34.7. The Labute approximate surface area is 289 Å². The lowest BCUT2D eigenvalue weighted by Crippen LogP contribution is -2.51. The molecule has 4 aromatic carbocycles. The van der Waals surface area contributed by atoms with Gasteiger partial charge >= 0.3 is 12.1 Å². The van der Waals surface area contributed by atoms with E-state index in [1.54, 1.807) is 18.2 Å². The van der Waals surface area contributed by atoms with Crippen molar-refractivity contribution in [1.82, 2.24) is 10.2 Å². The van der Waals surface area contributed by atoms with E-state index in [0.717, 1.165) is 48.4 Å². The molecule has 1 heterocycles. The number of amides is 2. The molecule has 7 nitrogen and oxygen atoms in total. The molecule has 260 valence electrons. The first-order valence-electron chi connectivity index (χ1n) is 16.9. The average molecular weight is 685 g/mol. The van der Waals surface area contributed by atoms with Crippen LogP contribution in [0.3, 0.4) is 0 Å². The summed E-state index contributed by atoms with van der Waals surface area (Å²) >= 11 is 0. The summed E-state index contributed by atoms with van der Waals surface area (Å²) in [5.41, 5.74) is 3.11. The zero-order valence-electron chi connectivity index (χ0n) is 27.5. The normalized spacial score (nSPS) is 16.8. The summed E-state index contributed by atoms with van der Waals surface area (Å²) in [5.74, 6) is -1.58. The zero-order chi connectivity index (χ0) is 35.3. The number of halogens is 3. The minimum absolute atomic E-state index is 0.0213. The second-order valence-electron chi connectivity index (χ2n) is 13.1. The van der Waals surface area contributed by atoms with Gasteiger partial charge in [0.05, 0.1) is 5.56 Å². The topological polar surface area (TPSA) is 95.9 Å². The molecule has 10 heteroatoms. The number of ether oxygens (including phenoxy) is 1. The van der Waals surface area contributed by atoms with Crippen molar-refractivity contribution >= 4 is 17.8 Å². The Morgan fingerprint density at radius 1 is 0.880 bits per heavy atom. The molecule has 0 saturated heterocycles. The van der Waals surface area contributed by atoms with Crippen LogP contribution in [0.1, 0.15) is 66.0 Å². The van der Waals surface area contributed by atoms with Crippen LogP contribution >= 0.6 is 0 Å². The first-order chi connectivity index (χ1) is 24.1. The van der Waals surface area contributed by atoms with Crippen molar-refractivity contribution in [3.63, 3.8) is 0 Å². The molecule has 1 saturated carbocycles. The highest BCUT2D eigenvalue weighted by Crippen LogP contribution is 2.37. The van der Waals surface area contributed by atoms with Gasteiger partial charge in [0.25, 0.3) is 0 Å². The third kappa shape index (κ3) is 8.18. The molecule has 1 aliphatic heterocycles. The molecule has 2 aliphatic rings. The van der Waals surface area contributed by atoms with Gasteiger partial charge in [-0.2, -0.15) is 13.2 Å². The molecule has 1 fully saturated rings. The number of benzene rings is 4. The molecule has 0 spiro atoms. The van der Waals surface area contributed by atoms with Gasteiger partial charge in [-0.25, -0.2) is 4.79 Å². The van der Waals surface area contributed by atoms with Crippen molar-refractivity contribution in [2.24, 2.45) is 5.92 Å². The number of carboxylic acid groups (broad SMARTS) is 1. The van der Waals surface area contributed by atoms with Gasteiger partial charge in [-0.1, -0.05) is 91.7 Å². The maximum absolute atomic E-state index is 14.2. The fraction of sp³-hybridized carbons (Fsp3) is 0.325. The smallest absolute Gasteiger partial charge is 0.416 e. The van der Waals surface area contributed by atoms with Gasteiger partial charge in [0, 0.05) is 24.9 Å². The second kappa shape index (κ2) is 15.2. The molecule has 4 aromatic rings. The predicted molar refractivity (Wildman–Crippen MR) is 182 cm³/mol. The number of hydrogen-bond acceptors (Lipinski definition) is 4. The van der Waals surface area contributed by atoms with Gasteiger partial charge in [-0.15, -0.1) is 0 Å². The first-order valence-corrected chi connectivity index (χ1v) is 16.9. The summed E-state index contributed by atoms with van der Waals surface area (Å²) in [4.78, 5) is 41.9. The summed E-state index contributed by atoms with van der Waals surface area (Å²) in [6, 6.07) is 25.0. The third-order valence-electron chi connectivity index (χ3n) is 9.68. The van der Waals surface area contributed by atoms with Gasteiger partial charge in [-0.3, -0.25) is 9.59 Å². The molecule has 0 radical (unpaired) electrons. The van der Waals surface area contributed by atoms with E-state index in [1.165, 1.54) is 23.1 Å². The largest absolute Gasteiger partial charge is 0.489 e. The van der Waals surface area contributed by atoms with Gasteiger partial charge in [0.15, 0.2) is 0 Å². The van der Waals surface area contributed by atoms with Crippen LogP contribution in [-0.2, 0) is 40.0 Å². The molecule has 1 unspecified atom stereocenters. The van der Waals surface area contributed by atoms with E-state index >= 15 is 0 Å². The summed E-state index contributed by atoms with van der Waals surface area (Å²) in [7, 11) is 0. The Kier molecular flexibility index (Phi) is 10.6. The molecule has 0 aromatic heterocycles. The lowest BCUT2D eigenvalue weighted by molar-refractivity contribution is -0.145. The Hall–Kier alpha value is -5.12. The van der Waals surface area contributed by atoms with Crippen LogP contribution in [0.2, 0.25) is 0 Å². The molecule has 2 amide bonds. The fourth-order valence-corrected chi connectivity index (χ4v) is 7.05. The lowest BCUT2D eigenvalue weighted by Gasteiger charge is -2.37. The minimum atomic E-state index is -4.55. The SMILES string of the molecule is O=C(N[C@@H](Cc1ccc(-c2ccccc2)cc1)C(=O)O)C1c2cc(OCc3ccccc3C(F)(F)F)ccc2CCN1C(=O)CC1CCCC1. The Morgan fingerprint density at radius 2 is 1.56 bits per heavy atom. The van der Waals surface area contributed by atoms with Crippen molar-refractivity contribution < 1.29 is 37.4 Å². The van der Waals surface area contributed by atoms with E-state index in [9.17, 15) is 32.7 Å². The number of carboxylic acids is 1. The van der Waals surface area contributed by atoms with Crippen LogP contribution in [0.5, 0.6) is 5.75 Å². The van der Waals surface area contributed by atoms with E-state index in [0.29, 0.717) is 24.0 Å².